The van der Waals surface area contributed by atoms with E-state index in [-0.39, 0.29) is 5.82 Å². The molecule has 0 atom stereocenters. The molecular formula is C16H11Cl2FN4. The van der Waals surface area contributed by atoms with E-state index in [0.29, 0.717) is 33.2 Å². The van der Waals surface area contributed by atoms with E-state index in [9.17, 15) is 4.39 Å². The lowest BCUT2D eigenvalue weighted by Crippen LogP contribution is -2.00. The van der Waals surface area contributed by atoms with Gasteiger partial charge in [-0.05, 0) is 42.5 Å². The standard InChI is InChI=1S/C16H11Cl2FN4/c17-10-6-11(18)8-14(7-10)21-15-4-5-20-16(23-15)22-13-3-1-2-12(19)9-13/h1-9H,(H2,20,21,22,23). The normalized spacial score (nSPS) is 10.4. The zero-order chi connectivity index (χ0) is 16.2. The van der Waals surface area contributed by atoms with Crippen molar-refractivity contribution < 1.29 is 4.39 Å². The Hall–Kier alpha value is -2.37. The predicted molar refractivity (Wildman–Crippen MR) is 91.5 cm³/mol. The molecule has 3 rings (SSSR count). The minimum absolute atomic E-state index is 0.335. The minimum atomic E-state index is -0.335. The number of hydrogen-bond acceptors (Lipinski definition) is 4. The molecule has 1 aromatic heterocycles. The van der Waals surface area contributed by atoms with Gasteiger partial charge in [0.2, 0.25) is 5.95 Å². The van der Waals surface area contributed by atoms with Crippen LogP contribution in [0, 0.1) is 5.82 Å². The van der Waals surface area contributed by atoms with Crippen molar-refractivity contribution in [2.24, 2.45) is 0 Å². The summed E-state index contributed by atoms with van der Waals surface area (Å²) in [6.07, 6.45) is 1.59. The van der Waals surface area contributed by atoms with Gasteiger partial charge in [0.25, 0.3) is 0 Å². The van der Waals surface area contributed by atoms with Gasteiger partial charge in [-0.25, -0.2) is 9.37 Å². The molecule has 0 amide bonds. The number of halogens is 3. The van der Waals surface area contributed by atoms with E-state index in [1.165, 1.54) is 12.1 Å². The van der Waals surface area contributed by atoms with Gasteiger partial charge in [0.1, 0.15) is 11.6 Å². The maximum Gasteiger partial charge on any atom is 0.229 e. The van der Waals surface area contributed by atoms with Crippen LogP contribution in [-0.4, -0.2) is 9.97 Å². The Morgan fingerprint density at radius 2 is 1.65 bits per heavy atom. The Morgan fingerprint density at radius 1 is 0.870 bits per heavy atom. The van der Waals surface area contributed by atoms with Crippen molar-refractivity contribution in [1.29, 1.82) is 0 Å². The number of hydrogen-bond donors (Lipinski definition) is 2. The van der Waals surface area contributed by atoms with Crippen LogP contribution in [-0.2, 0) is 0 Å². The summed E-state index contributed by atoms with van der Waals surface area (Å²) in [6, 6.07) is 12.9. The molecule has 0 fully saturated rings. The molecule has 23 heavy (non-hydrogen) atoms. The molecule has 0 aliphatic heterocycles. The Kier molecular flexibility index (Phi) is 4.60. The van der Waals surface area contributed by atoms with Gasteiger partial charge >= 0.3 is 0 Å². The van der Waals surface area contributed by atoms with E-state index < -0.39 is 0 Å². The first-order valence-electron chi connectivity index (χ1n) is 6.67. The lowest BCUT2D eigenvalue weighted by atomic mass is 10.3. The number of nitrogens with zero attached hydrogens (tertiary/aromatic N) is 2. The summed E-state index contributed by atoms with van der Waals surface area (Å²) in [4.78, 5) is 8.41. The highest BCUT2D eigenvalue weighted by molar-refractivity contribution is 6.35. The highest BCUT2D eigenvalue weighted by atomic mass is 35.5. The van der Waals surface area contributed by atoms with Gasteiger partial charge in [0.05, 0.1) is 0 Å². The van der Waals surface area contributed by atoms with Gasteiger partial charge < -0.3 is 10.6 Å². The maximum absolute atomic E-state index is 13.2. The molecule has 7 heteroatoms. The molecule has 2 N–H and O–H groups in total. The fourth-order valence-corrected chi connectivity index (χ4v) is 2.48. The Balaban J connectivity index is 1.79. The molecule has 3 aromatic rings. The lowest BCUT2D eigenvalue weighted by Gasteiger charge is -2.09. The van der Waals surface area contributed by atoms with Crippen molar-refractivity contribution in [3.63, 3.8) is 0 Å². The average molecular weight is 349 g/mol. The molecule has 0 saturated heterocycles. The van der Waals surface area contributed by atoms with Gasteiger partial charge in [-0.2, -0.15) is 4.98 Å². The second-order valence-electron chi connectivity index (χ2n) is 4.68. The van der Waals surface area contributed by atoms with Crippen LogP contribution in [0.5, 0.6) is 0 Å². The summed E-state index contributed by atoms with van der Waals surface area (Å²) in [6.45, 7) is 0. The van der Waals surface area contributed by atoms with E-state index in [0.717, 1.165) is 0 Å². The molecule has 0 unspecified atom stereocenters. The summed E-state index contributed by atoms with van der Waals surface area (Å²) < 4.78 is 13.2. The highest BCUT2D eigenvalue weighted by Gasteiger charge is 2.03. The van der Waals surface area contributed by atoms with Crippen molar-refractivity contribution in [1.82, 2.24) is 9.97 Å². The first kappa shape index (κ1) is 15.5. The van der Waals surface area contributed by atoms with Crippen molar-refractivity contribution in [2.45, 2.75) is 0 Å². The smallest absolute Gasteiger partial charge is 0.229 e. The number of aromatic nitrogens is 2. The number of anilines is 4. The monoisotopic (exact) mass is 348 g/mol. The summed E-state index contributed by atoms with van der Waals surface area (Å²) in [5.41, 5.74) is 1.27. The Labute approximate surface area is 142 Å². The first-order chi connectivity index (χ1) is 11.1. The molecule has 4 nitrogen and oxygen atoms in total. The average Bonchev–Trinajstić information content (AvgIpc) is 2.46. The molecule has 0 saturated carbocycles. The highest BCUT2D eigenvalue weighted by Crippen LogP contribution is 2.25. The van der Waals surface area contributed by atoms with Gasteiger partial charge in [-0.3, -0.25) is 0 Å². The molecule has 2 aromatic carbocycles. The molecule has 1 heterocycles. The third-order valence-corrected chi connectivity index (χ3v) is 3.31. The number of benzene rings is 2. The van der Waals surface area contributed by atoms with Gasteiger partial charge in [0.15, 0.2) is 0 Å². The van der Waals surface area contributed by atoms with Crippen molar-refractivity contribution in [3.05, 3.63) is 70.6 Å². The van der Waals surface area contributed by atoms with Crippen LogP contribution in [0.15, 0.2) is 54.7 Å². The van der Waals surface area contributed by atoms with E-state index in [1.54, 1.807) is 42.6 Å². The Bertz CT molecular complexity index is 822. The van der Waals surface area contributed by atoms with Crippen LogP contribution in [0.2, 0.25) is 10.0 Å². The molecule has 0 bridgehead atoms. The summed E-state index contributed by atoms with van der Waals surface area (Å²) >= 11 is 11.9. The van der Waals surface area contributed by atoms with Crippen LogP contribution in [0.4, 0.5) is 27.5 Å². The van der Waals surface area contributed by atoms with Crippen molar-refractivity contribution >= 4 is 46.3 Å². The third-order valence-electron chi connectivity index (χ3n) is 2.87. The number of rotatable bonds is 4. The van der Waals surface area contributed by atoms with Crippen LogP contribution >= 0.6 is 23.2 Å². The number of nitrogens with one attached hydrogen (secondary N) is 2. The molecule has 0 spiro atoms. The van der Waals surface area contributed by atoms with Gasteiger partial charge in [0, 0.05) is 27.6 Å². The predicted octanol–water partition coefficient (Wildman–Crippen LogP) is 5.41. The minimum Gasteiger partial charge on any atom is -0.340 e. The molecular weight excluding hydrogens is 338 g/mol. The van der Waals surface area contributed by atoms with Crippen LogP contribution in [0.1, 0.15) is 0 Å². The van der Waals surface area contributed by atoms with E-state index in [4.69, 9.17) is 23.2 Å². The quantitative estimate of drug-likeness (QED) is 0.661. The molecule has 116 valence electrons. The van der Waals surface area contributed by atoms with Gasteiger partial charge in [-0.1, -0.05) is 29.3 Å². The molecule has 0 radical (unpaired) electrons. The zero-order valence-electron chi connectivity index (χ0n) is 11.7. The topological polar surface area (TPSA) is 49.8 Å². The Morgan fingerprint density at radius 3 is 2.39 bits per heavy atom. The van der Waals surface area contributed by atoms with Crippen LogP contribution < -0.4 is 10.6 Å². The van der Waals surface area contributed by atoms with E-state index in [2.05, 4.69) is 20.6 Å². The fraction of sp³-hybridized carbons (Fsp3) is 0. The maximum atomic E-state index is 13.2. The van der Waals surface area contributed by atoms with Crippen molar-refractivity contribution in [3.8, 4) is 0 Å². The van der Waals surface area contributed by atoms with E-state index >= 15 is 0 Å². The zero-order valence-corrected chi connectivity index (χ0v) is 13.2. The first-order valence-corrected chi connectivity index (χ1v) is 7.43. The molecule has 0 aliphatic carbocycles. The van der Waals surface area contributed by atoms with Crippen molar-refractivity contribution in [2.75, 3.05) is 10.6 Å². The van der Waals surface area contributed by atoms with Crippen LogP contribution in [0.25, 0.3) is 0 Å². The molecule has 0 aliphatic rings. The summed E-state index contributed by atoms with van der Waals surface area (Å²) in [7, 11) is 0. The van der Waals surface area contributed by atoms with Crippen LogP contribution in [0.3, 0.4) is 0 Å². The SMILES string of the molecule is Fc1cccc(Nc2nccc(Nc3cc(Cl)cc(Cl)c3)n2)c1. The van der Waals surface area contributed by atoms with E-state index in [1.807, 2.05) is 0 Å². The second-order valence-corrected chi connectivity index (χ2v) is 5.56. The summed E-state index contributed by atoms with van der Waals surface area (Å²) in [5, 5.41) is 7.07. The lowest BCUT2D eigenvalue weighted by molar-refractivity contribution is 0.628. The van der Waals surface area contributed by atoms with Gasteiger partial charge in [-0.15, -0.1) is 0 Å². The summed E-state index contributed by atoms with van der Waals surface area (Å²) in [5.74, 6) is 0.559. The fourth-order valence-electron chi connectivity index (χ4n) is 1.96. The third kappa shape index (κ3) is 4.31. The largest absolute Gasteiger partial charge is 0.340 e. The second kappa shape index (κ2) is 6.81.